The summed E-state index contributed by atoms with van der Waals surface area (Å²) in [6, 6.07) is 0.426. The zero-order valence-corrected chi connectivity index (χ0v) is 11.7. The van der Waals surface area contributed by atoms with E-state index in [2.05, 4.69) is 4.90 Å². The smallest absolute Gasteiger partial charge is 0.147 e. The third-order valence-corrected chi connectivity index (χ3v) is 4.78. The van der Waals surface area contributed by atoms with Crippen LogP contribution in [0.25, 0.3) is 0 Å². The molecule has 2 unspecified atom stereocenters. The van der Waals surface area contributed by atoms with Gasteiger partial charge in [0.25, 0.3) is 0 Å². The highest BCUT2D eigenvalue weighted by atomic mass is 35.5. The maximum atomic E-state index is 11.0. The third-order valence-electron chi connectivity index (χ3n) is 3.24. The van der Waals surface area contributed by atoms with Crippen LogP contribution < -0.4 is 0 Å². The molecule has 1 saturated carbocycles. The molecule has 1 aliphatic rings. The van der Waals surface area contributed by atoms with E-state index in [1.807, 2.05) is 7.05 Å². The lowest BCUT2D eigenvalue weighted by Crippen LogP contribution is -2.41. The fraction of sp³-hybridized carbons (Fsp3) is 1.00. The van der Waals surface area contributed by atoms with Gasteiger partial charge in [0.2, 0.25) is 0 Å². The molecule has 1 aliphatic carbocycles. The first-order valence-electron chi connectivity index (χ1n) is 5.92. The molecule has 96 valence electrons. The second kappa shape index (κ2) is 6.22. The number of hydrogen-bond acceptors (Lipinski definition) is 3. The Kier molecular flexibility index (Phi) is 5.54. The van der Waals surface area contributed by atoms with Crippen molar-refractivity contribution in [2.75, 3.05) is 25.6 Å². The molecule has 3 nitrogen and oxygen atoms in total. The lowest BCUT2D eigenvalue weighted by Gasteiger charge is -2.34. The van der Waals surface area contributed by atoms with Gasteiger partial charge in [0.05, 0.1) is 5.75 Å². The molecule has 1 rings (SSSR count). The van der Waals surface area contributed by atoms with Crippen LogP contribution >= 0.6 is 11.6 Å². The fourth-order valence-corrected chi connectivity index (χ4v) is 3.43. The molecule has 0 saturated heterocycles. The summed E-state index contributed by atoms with van der Waals surface area (Å²) in [5.74, 6) is 0.275. The predicted octanol–water partition coefficient (Wildman–Crippen LogP) is 1.90. The highest BCUT2D eigenvalue weighted by Crippen LogP contribution is 2.26. The molecule has 0 aromatic heterocycles. The molecular formula is C11H22ClNO2S. The van der Waals surface area contributed by atoms with Crippen LogP contribution in [-0.2, 0) is 9.84 Å². The molecule has 0 aromatic carbocycles. The first kappa shape index (κ1) is 14.3. The van der Waals surface area contributed by atoms with Crippen LogP contribution in [0.1, 0.15) is 32.1 Å². The Labute approximate surface area is 104 Å². The maximum absolute atomic E-state index is 11.0. The molecular weight excluding hydrogens is 246 g/mol. The highest BCUT2D eigenvalue weighted by Gasteiger charge is 2.26. The van der Waals surface area contributed by atoms with Gasteiger partial charge in [-0.25, -0.2) is 8.42 Å². The summed E-state index contributed by atoms with van der Waals surface area (Å²) >= 11 is 6.29. The van der Waals surface area contributed by atoms with E-state index in [0.717, 1.165) is 19.4 Å². The molecule has 16 heavy (non-hydrogen) atoms. The lowest BCUT2D eigenvalue weighted by molar-refractivity contribution is 0.196. The summed E-state index contributed by atoms with van der Waals surface area (Å²) in [5, 5.41) is 0.233. The van der Waals surface area contributed by atoms with Crippen LogP contribution in [0.4, 0.5) is 0 Å². The van der Waals surface area contributed by atoms with E-state index in [4.69, 9.17) is 11.6 Å². The van der Waals surface area contributed by atoms with E-state index in [9.17, 15) is 8.42 Å². The van der Waals surface area contributed by atoms with Crippen molar-refractivity contribution in [1.82, 2.24) is 4.90 Å². The fourth-order valence-electron chi connectivity index (χ4n) is 2.30. The van der Waals surface area contributed by atoms with Crippen molar-refractivity contribution in [2.24, 2.45) is 0 Å². The summed E-state index contributed by atoms with van der Waals surface area (Å²) in [6.07, 6.45) is 6.69. The van der Waals surface area contributed by atoms with Crippen molar-refractivity contribution in [3.63, 3.8) is 0 Å². The minimum atomic E-state index is -2.82. The second-order valence-electron chi connectivity index (χ2n) is 4.83. The molecule has 0 aliphatic heterocycles. The molecule has 0 amide bonds. The summed E-state index contributed by atoms with van der Waals surface area (Å²) < 4.78 is 22.0. The summed E-state index contributed by atoms with van der Waals surface area (Å²) in [7, 11) is -0.774. The number of halogens is 1. The molecule has 2 atom stereocenters. The van der Waals surface area contributed by atoms with Crippen LogP contribution in [0, 0.1) is 0 Å². The van der Waals surface area contributed by atoms with Crippen LogP contribution in [0.2, 0.25) is 0 Å². The van der Waals surface area contributed by atoms with Crippen LogP contribution in [0.5, 0.6) is 0 Å². The van der Waals surface area contributed by atoms with Crippen molar-refractivity contribution in [3.8, 4) is 0 Å². The van der Waals surface area contributed by atoms with Gasteiger partial charge >= 0.3 is 0 Å². The van der Waals surface area contributed by atoms with Gasteiger partial charge in [0, 0.05) is 17.7 Å². The zero-order valence-electron chi connectivity index (χ0n) is 10.2. The first-order valence-corrected chi connectivity index (χ1v) is 8.42. The molecule has 0 radical (unpaired) electrons. The number of rotatable bonds is 5. The minimum Gasteiger partial charge on any atom is -0.302 e. The Hall–Kier alpha value is 0.200. The zero-order chi connectivity index (χ0) is 12.2. The van der Waals surface area contributed by atoms with E-state index < -0.39 is 9.84 Å². The van der Waals surface area contributed by atoms with E-state index in [-0.39, 0.29) is 11.1 Å². The van der Waals surface area contributed by atoms with Crippen LogP contribution in [0.15, 0.2) is 0 Å². The van der Waals surface area contributed by atoms with Gasteiger partial charge in [-0.1, -0.05) is 12.8 Å². The highest BCUT2D eigenvalue weighted by molar-refractivity contribution is 7.90. The Bertz CT molecular complexity index is 305. The van der Waals surface area contributed by atoms with Crippen molar-refractivity contribution in [2.45, 2.75) is 43.5 Å². The minimum absolute atomic E-state index is 0.233. The molecule has 0 N–H and O–H groups in total. The Morgan fingerprint density at radius 3 is 2.50 bits per heavy atom. The normalized spacial score (nSPS) is 27.2. The molecule has 1 fully saturated rings. The molecule has 0 spiro atoms. The van der Waals surface area contributed by atoms with Gasteiger partial charge in [0.1, 0.15) is 9.84 Å². The van der Waals surface area contributed by atoms with Crippen LogP contribution in [-0.4, -0.2) is 50.3 Å². The molecule has 0 heterocycles. The van der Waals surface area contributed by atoms with E-state index in [1.165, 1.54) is 19.1 Å². The largest absolute Gasteiger partial charge is 0.302 e. The van der Waals surface area contributed by atoms with Crippen molar-refractivity contribution < 1.29 is 8.42 Å². The van der Waals surface area contributed by atoms with Gasteiger partial charge in [0.15, 0.2) is 0 Å². The molecule has 0 aromatic rings. The molecule has 0 bridgehead atoms. The van der Waals surface area contributed by atoms with Gasteiger partial charge in [-0.15, -0.1) is 11.6 Å². The predicted molar refractivity (Wildman–Crippen MR) is 68.9 cm³/mol. The average molecular weight is 268 g/mol. The second-order valence-corrected chi connectivity index (χ2v) is 7.65. The summed E-state index contributed by atoms with van der Waals surface area (Å²) in [6.45, 7) is 0.820. The van der Waals surface area contributed by atoms with E-state index in [1.54, 1.807) is 0 Å². The third kappa shape index (κ3) is 5.02. The van der Waals surface area contributed by atoms with E-state index in [0.29, 0.717) is 12.5 Å². The van der Waals surface area contributed by atoms with Crippen molar-refractivity contribution in [1.29, 1.82) is 0 Å². The lowest BCUT2D eigenvalue weighted by atomic mass is 9.94. The van der Waals surface area contributed by atoms with Crippen molar-refractivity contribution in [3.05, 3.63) is 0 Å². The van der Waals surface area contributed by atoms with Crippen molar-refractivity contribution >= 4 is 21.4 Å². The Balaban J connectivity index is 2.31. The molecule has 5 heteroatoms. The standard InChI is InChI=1S/C11H22ClNO2S/c1-13(8-5-9-16(2,14)15)11-7-4-3-6-10(11)12/h10-11H,3-9H2,1-2H3. The van der Waals surface area contributed by atoms with Gasteiger partial charge < -0.3 is 4.90 Å². The monoisotopic (exact) mass is 267 g/mol. The number of nitrogens with zero attached hydrogens (tertiary/aromatic N) is 1. The quantitative estimate of drug-likeness (QED) is 0.714. The SMILES string of the molecule is CN(CCCS(C)(=O)=O)C1CCCCC1Cl. The van der Waals surface area contributed by atoms with Gasteiger partial charge in [-0.3, -0.25) is 0 Å². The average Bonchev–Trinajstić information content (AvgIpc) is 2.16. The Morgan fingerprint density at radius 2 is 1.94 bits per heavy atom. The van der Waals surface area contributed by atoms with Gasteiger partial charge in [-0.2, -0.15) is 0 Å². The number of alkyl halides is 1. The number of hydrogen-bond donors (Lipinski definition) is 0. The van der Waals surface area contributed by atoms with Crippen LogP contribution in [0.3, 0.4) is 0 Å². The van der Waals surface area contributed by atoms with Gasteiger partial charge in [-0.05, 0) is 32.9 Å². The van der Waals surface area contributed by atoms with E-state index >= 15 is 0 Å². The first-order chi connectivity index (χ1) is 7.40. The summed E-state index contributed by atoms with van der Waals surface area (Å²) in [5.41, 5.74) is 0. The Morgan fingerprint density at radius 1 is 1.31 bits per heavy atom. The number of sulfone groups is 1. The maximum Gasteiger partial charge on any atom is 0.147 e. The summed E-state index contributed by atoms with van der Waals surface area (Å²) in [4.78, 5) is 2.22. The topological polar surface area (TPSA) is 37.4 Å².